The average molecular weight is 369 g/mol. The number of carbonyl (C=O) groups is 2. The Morgan fingerprint density at radius 1 is 1.19 bits per heavy atom. The van der Waals surface area contributed by atoms with Gasteiger partial charge in [0, 0.05) is 38.3 Å². The molecule has 0 saturated carbocycles. The average Bonchev–Trinajstić information content (AvgIpc) is 3.11. The number of hydrogen-bond acceptors (Lipinski definition) is 6. The number of aryl methyl sites for hydroxylation is 1. The number of hydrogen-bond donors (Lipinski definition) is 0. The second kappa shape index (κ2) is 8.64. The predicted molar refractivity (Wildman–Crippen MR) is 99.9 cm³/mol. The Labute approximate surface area is 158 Å². The summed E-state index contributed by atoms with van der Waals surface area (Å²) in [6.07, 6.45) is 3.33. The minimum absolute atomic E-state index is 0.0118. The maximum absolute atomic E-state index is 12.4. The summed E-state index contributed by atoms with van der Waals surface area (Å²) < 4.78 is 9.92. The molecule has 142 valence electrons. The standard InChI is InChI=1S/C20H23N3O4/c1-15-13-18(27-21-15)14-22-9-11-23(12-10-22)19(24)8-5-16-3-6-17(7-4-16)20(25)26-2/h3-8,13H,9-12,14H2,1-2H3/b8-5+. The molecular weight excluding hydrogens is 346 g/mol. The molecule has 0 N–H and O–H groups in total. The van der Waals surface area contributed by atoms with Crippen LogP contribution in [0.5, 0.6) is 0 Å². The molecule has 0 unspecified atom stereocenters. The van der Waals surface area contributed by atoms with Crippen molar-refractivity contribution in [2.75, 3.05) is 33.3 Å². The van der Waals surface area contributed by atoms with Gasteiger partial charge >= 0.3 is 5.97 Å². The van der Waals surface area contributed by atoms with Crippen molar-refractivity contribution >= 4 is 18.0 Å². The minimum Gasteiger partial charge on any atom is -0.465 e. The first-order chi connectivity index (χ1) is 13.0. The lowest BCUT2D eigenvalue weighted by Gasteiger charge is -2.33. The Morgan fingerprint density at radius 3 is 2.48 bits per heavy atom. The van der Waals surface area contributed by atoms with Crippen molar-refractivity contribution in [3.63, 3.8) is 0 Å². The van der Waals surface area contributed by atoms with Gasteiger partial charge in [0.25, 0.3) is 0 Å². The topological polar surface area (TPSA) is 75.9 Å². The third kappa shape index (κ3) is 5.04. The molecule has 1 saturated heterocycles. The van der Waals surface area contributed by atoms with E-state index in [1.54, 1.807) is 36.4 Å². The zero-order valence-electron chi connectivity index (χ0n) is 15.6. The van der Waals surface area contributed by atoms with Gasteiger partial charge in [-0.3, -0.25) is 9.69 Å². The lowest BCUT2D eigenvalue weighted by atomic mass is 10.1. The van der Waals surface area contributed by atoms with Gasteiger partial charge in [0.15, 0.2) is 5.76 Å². The number of esters is 1. The normalized spacial score (nSPS) is 15.3. The Bertz CT molecular complexity index is 818. The number of nitrogens with zero attached hydrogens (tertiary/aromatic N) is 3. The summed E-state index contributed by atoms with van der Waals surface area (Å²) in [6.45, 7) is 5.57. The molecule has 1 aromatic heterocycles. The first-order valence-electron chi connectivity index (χ1n) is 8.85. The number of carbonyl (C=O) groups excluding carboxylic acids is 2. The number of aromatic nitrogens is 1. The third-order valence-electron chi connectivity index (χ3n) is 4.49. The number of benzene rings is 1. The van der Waals surface area contributed by atoms with Crippen molar-refractivity contribution in [2.45, 2.75) is 13.5 Å². The molecule has 0 aliphatic carbocycles. The molecule has 0 atom stereocenters. The molecule has 1 aliphatic heterocycles. The Morgan fingerprint density at radius 2 is 1.89 bits per heavy atom. The van der Waals surface area contributed by atoms with E-state index >= 15 is 0 Å². The maximum atomic E-state index is 12.4. The zero-order chi connectivity index (χ0) is 19.2. The Balaban J connectivity index is 1.49. The molecular formula is C20H23N3O4. The molecule has 7 heteroatoms. The van der Waals surface area contributed by atoms with Crippen LogP contribution in [0.1, 0.15) is 27.4 Å². The summed E-state index contributed by atoms with van der Waals surface area (Å²) >= 11 is 0. The molecule has 2 aromatic rings. The van der Waals surface area contributed by atoms with E-state index in [4.69, 9.17) is 4.52 Å². The van der Waals surface area contributed by atoms with E-state index in [1.165, 1.54) is 7.11 Å². The van der Waals surface area contributed by atoms with Crippen LogP contribution < -0.4 is 0 Å². The van der Waals surface area contributed by atoms with E-state index in [0.29, 0.717) is 25.2 Å². The zero-order valence-corrected chi connectivity index (χ0v) is 15.6. The van der Waals surface area contributed by atoms with E-state index in [1.807, 2.05) is 17.9 Å². The van der Waals surface area contributed by atoms with Gasteiger partial charge in [-0.1, -0.05) is 17.3 Å². The van der Waals surface area contributed by atoms with E-state index in [-0.39, 0.29) is 11.9 Å². The minimum atomic E-state index is -0.375. The lowest BCUT2D eigenvalue weighted by molar-refractivity contribution is -0.127. The molecule has 1 fully saturated rings. The van der Waals surface area contributed by atoms with Crippen LogP contribution in [0.3, 0.4) is 0 Å². The van der Waals surface area contributed by atoms with Gasteiger partial charge < -0.3 is 14.2 Å². The van der Waals surface area contributed by atoms with Crippen molar-refractivity contribution in [3.8, 4) is 0 Å². The number of piperazine rings is 1. The fraction of sp³-hybridized carbons (Fsp3) is 0.350. The lowest BCUT2D eigenvalue weighted by Crippen LogP contribution is -2.47. The van der Waals surface area contributed by atoms with E-state index in [9.17, 15) is 9.59 Å². The van der Waals surface area contributed by atoms with Crippen LogP contribution in [0.2, 0.25) is 0 Å². The third-order valence-corrected chi connectivity index (χ3v) is 4.49. The van der Waals surface area contributed by atoms with Crippen molar-refractivity contribution < 1.29 is 18.8 Å². The van der Waals surface area contributed by atoms with Gasteiger partial charge in [-0.25, -0.2) is 4.79 Å². The van der Waals surface area contributed by atoms with E-state index in [2.05, 4.69) is 14.8 Å². The summed E-state index contributed by atoms with van der Waals surface area (Å²) in [5.41, 5.74) is 2.22. The van der Waals surface area contributed by atoms with Gasteiger partial charge in [0.05, 0.1) is 24.9 Å². The monoisotopic (exact) mass is 369 g/mol. The highest BCUT2D eigenvalue weighted by molar-refractivity contribution is 5.92. The smallest absolute Gasteiger partial charge is 0.337 e. The van der Waals surface area contributed by atoms with Crippen LogP contribution in [0.25, 0.3) is 6.08 Å². The van der Waals surface area contributed by atoms with Crippen LogP contribution >= 0.6 is 0 Å². The summed E-state index contributed by atoms with van der Waals surface area (Å²) in [7, 11) is 1.35. The van der Waals surface area contributed by atoms with Gasteiger partial charge in [0.2, 0.25) is 5.91 Å². The van der Waals surface area contributed by atoms with Crippen LogP contribution in [-0.2, 0) is 16.1 Å². The molecule has 1 aliphatic rings. The summed E-state index contributed by atoms with van der Waals surface area (Å²) in [4.78, 5) is 27.9. The molecule has 0 bridgehead atoms. The molecule has 1 aromatic carbocycles. The Kier molecular flexibility index (Phi) is 6.03. The Hall–Kier alpha value is -2.93. The number of rotatable bonds is 5. The summed E-state index contributed by atoms with van der Waals surface area (Å²) in [5, 5.41) is 3.90. The summed E-state index contributed by atoms with van der Waals surface area (Å²) in [5.74, 6) is 0.463. The van der Waals surface area contributed by atoms with Crippen LogP contribution in [0.15, 0.2) is 40.9 Å². The number of amides is 1. The van der Waals surface area contributed by atoms with Gasteiger partial charge in [-0.2, -0.15) is 0 Å². The molecule has 2 heterocycles. The van der Waals surface area contributed by atoms with Crippen LogP contribution in [-0.4, -0.2) is 60.1 Å². The fourth-order valence-corrected chi connectivity index (χ4v) is 2.96. The molecule has 27 heavy (non-hydrogen) atoms. The predicted octanol–water partition coefficient (Wildman–Crippen LogP) is 2.13. The highest BCUT2D eigenvalue weighted by Gasteiger charge is 2.20. The molecule has 7 nitrogen and oxygen atoms in total. The second-order valence-electron chi connectivity index (χ2n) is 6.48. The summed E-state index contributed by atoms with van der Waals surface area (Å²) in [6, 6.07) is 8.87. The highest BCUT2D eigenvalue weighted by Crippen LogP contribution is 2.11. The van der Waals surface area contributed by atoms with Crippen molar-refractivity contribution in [1.82, 2.24) is 15.0 Å². The fourth-order valence-electron chi connectivity index (χ4n) is 2.96. The maximum Gasteiger partial charge on any atom is 0.337 e. The quantitative estimate of drug-likeness (QED) is 0.594. The molecule has 1 amide bonds. The molecule has 3 rings (SSSR count). The van der Waals surface area contributed by atoms with Gasteiger partial charge in [-0.15, -0.1) is 0 Å². The highest BCUT2D eigenvalue weighted by atomic mass is 16.5. The second-order valence-corrected chi connectivity index (χ2v) is 6.48. The van der Waals surface area contributed by atoms with Gasteiger partial charge in [-0.05, 0) is 30.7 Å². The largest absolute Gasteiger partial charge is 0.465 e. The molecule has 0 spiro atoms. The van der Waals surface area contributed by atoms with Crippen molar-refractivity contribution in [2.24, 2.45) is 0 Å². The number of ether oxygens (including phenoxy) is 1. The first-order valence-corrected chi connectivity index (χ1v) is 8.85. The van der Waals surface area contributed by atoms with E-state index < -0.39 is 0 Å². The van der Waals surface area contributed by atoms with Crippen LogP contribution in [0.4, 0.5) is 0 Å². The number of methoxy groups -OCH3 is 1. The SMILES string of the molecule is COC(=O)c1ccc(/C=C/C(=O)N2CCN(Cc3cc(C)no3)CC2)cc1. The van der Waals surface area contributed by atoms with Crippen molar-refractivity contribution in [1.29, 1.82) is 0 Å². The first kappa shape index (κ1) is 18.8. The van der Waals surface area contributed by atoms with Gasteiger partial charge in [0.1, 0.15) is 0 Å². The molecule has 0 radical (unpaired) electrons. The van der Waals surface area contributed by atoms with Crippen molar-refractivity contribution in [3.05, 3.63) is 59.0 Å². The van der Waals surface area contributed by atoms with E-state index in [0.717, 1.165) is 30.1 Å². The van der Waals surface area contributed by atoms with Crippen LogP contribution in [0, 0.1) is 6.92 Å².